The summed E-state index contributed by atoms with van der Waals surface area (Å²) in [4.78, 5) is 4.23. The van der Waals surface area contributed by atoms with Crippen LogP contribution in [0, 0.1) is 11.3 Å². The van der Waals surface area contributed by atoms with Crippen molar-refractivity contribution < 1.29 is 0 Å². The van der Waals surface area contributed by atoms with E-state index in [4.69, 9.17) is 10.4 Å². The third kappa shape index (κ3) is 5.01. The number of nitrogens with zero attached hydrogens (tertiary/aromatic N) is 4. The Balaban J connectivity index is 1.72. The van der Waals surface area contributed by atoms with Crippen molar-refractivity contribution in [2.24, 2.45) is 0 Å². The minimum Gasteiger partial charge on any atom is -0.313 e. The highest BCUT2D eigenvalue weighted by molar-refractivity contribution is 5.61. The van der Waals surface area contributed by atoms with Gasteiger partial charge in [-0.25, -0.2) is 0 Å². The summed E-state index contributed by atoms with van der Waals surface area (Å²) in [5.74, 6) is 0. The van der Waals surface area contributed by atoms with Gasteiger partial charge in [0, 0.05) is 42.7 Å². The molecule has 132 valence electrons. The highest BCUT2D eigenvalue weighted by Crippen LogP contribution is 2.21. The van der Waals surface area contributed by atoms with E-state index in [2.05, 4.69) is 34.7 Å². The third-order valence-electron chi connectivity index (χ3n) is 4.17. The van der Waals surface area contributed by atoms with Gasteiger partial charge in [-0.15, -0.1) is 0 Å². The van der Waals surface area contributed by atoms with Gasteiger partial charge in [0.2, 0.25) is 0 Å². The van der Waals surface area contributed by atoms with Crippen molar-refractivity contribution in [3.05, 3.63) is 72.2 Å². The van der Waals surface area contributed by atoms with E-state index in [1.807, 2.05) is 41.2 Å². The highest BCUT2D eigenvalue weighted by atomic mass is 15.3. The Morgan fingerprint density at radius 2 is 1.96 bits per heavy atom. The van der Waals surface area contributed by atoms with Crippen molar-refractivity contribution in [1.29, 1.82) is 5.26 Å². The van der Waals surface area contributed by atoms with Crippen LogP contribution in [0.25, 0.3) is 11.3 Å². The Morgan fingerprint density at radius 3 is 2.73 bits per heavy atom. The first-order chi connectivity index (χ1) is 12.9. The van der Waals surface area contributed by atoms with Gasteiger partial charge in [0.05, 0.1) is 18.3 Å². The summed E-state index contributed by atoms with van der Waals surface area (Å²) >= 11 is 0. The second-order valence-corrected chi connectivity index (χ2v) is 6.22. The fourth-order valence-corrected chi connectivity index (χ4v) is 2.87. The first-order valence-electron chi connectivity index (χ1n) is 8.95. The maximum absolute atomic E-state index is 8.60. The molecule has 0 atom stereocenters. The van der Waals surface area contributed by atoms with E-state index in [0.29, 0.717) is 6.42 Å². The monoisotopic (exact) mass is 345 g/mol. The second kappa shape index (κ2) is 9.50. The zero-order chi connectivity index (χ0) is 18.0. The summed E-state index contributed by atoms with van der Waals surface area (Å²) in [7, 11) is 0. The number of nitrogens with one attached hydrogen (secondary N) is 1. The predicted molar refractivity (Wildman–Crippen MR) is 102 cm³/mol. The average molecular weight is 345 g/mol. The normalized spacial score (nSPS) is 10.6. The van der Waals surface area contributed by atoms with E-state index in [1.54, 1.807) is 6.20 Å². The molecule has 3 rings (SSSR count). The molecule has 0 saturated heterocycles. The van der Waals surface area contributed by atoms with Gasteiger partial charge in [0.15, 0.2) is 0 Å². The smallest absolute Gasteiger partial charge is 0.0983 e. The lowest BCUT2D eigenvalue weighted by Gasteiger charge is -2.04. The maximum Gasteiger partial charge on any atom is 0.0983 e. The van der Waals surface area contributed by atoms with E-state index < -0.39 is 0 Å². The Bertz CT molecular complexity index is 834. The zero-order valence-electron chi connectivity index (χ0n) is 14.8. The molecule has 1 aromatic carbocycles. The topological polar surface area (TPSA) is 66.5 Å². The van der Waals surface area contributed by atoms with Crippen LogP contribution in [0.15, 0.2) is 61.1 Å². The fourth-order valence-electron chi connectivity index (χ4n) is 2.87. The van der Waals surface area contributed by atoms with Crippen LogP contribution in [0.5, 0.6) is 0 Å². The van der Waals surface area contributed by atoms with Crippen LogP contribution in [0.1, 0.15) is 30.4 Å². The van der Waals surface area contributed by atoms with Crippen molar-refractivity contribution in [2.45, 2.75) is 32.4 Å². The minimum atomic E-state index is 0.623. The average Bonchev–Trinajstić information content (AvgIpc) is 3.08. The molecular formula is C21H23N5. The number of unbranched alkanes of at least 4 members (excludes halogenated alkanes) is 2. The number of hydrogen-bond acceptors (Lipinski definition) is 4. The van der Waals surface area contributed by atoms with Gasteiger partial charge in [-0.1, -0.05) is 30.3 Å². The van der Waals surface area contributed by atoms with E-state index >= 15 is 0 Å². The van der Waals surface area contributed by atoms with Gasteiger partial charge in [-0.3, -0.25) is 9.67 Å². The van der Waals surface area contributed by atoms with Crippen LogP contribution in [-0.2, 0) is 13.1 Å². The molecule has 0 unspecified atom stereocenters. The molecule has 0 aliphatic heterocycles. The molecule has 0 bridgehead atoms. The van der Waals surface area contributed by atoms with Crippen LogP contribution >= 0.6 is 0 Å². The van der Waals surface area contributed by atoms with Crippen LogP contribution < -0.4 is 5.32 Å². The van der Waals surface area contributed by atoms with Crippen molar-refractivity contribution in [2.75, 3.05) is 6.54 Å². The van der Waals surface area contributed by atoms with Crippen molar-refractivity contribution in [3.63, 3.8) is 0 Å². The number of pyridine rings is 1. The molecule has 5 nitrogen and oxygen atoms in total. The molecule has 0 aliphatic carbocycles. The zero-order valence-corrected chi connectivity index (χ0v) is 14.8. The van der Waals surface area contributed by atoms with Crippen LogP contribution in [0.2, 0.25) is 0 Å². The number of nitriles is 1. The summed E-state index contributed by atoms with van der Waals surface area (Å²) in [6.45, 7) is 2.40. The summed E-state index contributed by atoms with van der Waals surface area (Å²) in [6.07, 6.45) is 8.30. The SMILES string of the molecule is N#CCCCCNCc1cn(Cc2ccccc2)nc1-c1cccnc1. The molecule has 3 aromatic rings. The Labute approximate surface area is 154 Å². The minimum absolute atomic E-state index is 0.623. The lowest BCUT2D eigenvalue weighted by molar-refractivity contribution is 0.627. The van der Waals surface area contributed by atoms with Crippen LogP contribution in [-0.4, -0.2) is 21.3 Å². The first-order valence-corrected chi connectivity index (χ1v) is 8.95. The second-order valence-electron chi connectivity index (χ2n) is 6.22. The van der Waals surface area contributed by atoms with E-state index in [-0.39, 0.29) is 0 Å². The molecule has 0 fully saturated rings. The lowest BCUT2D eigenvalue weighted by Crippen LogP contribution is -2.14. The highest BCUT2D eigenvalue weighted by Gasteiger charge is 2.11. The van der Waals surface area contributed by atoms with Gasteiger partial charge in [-0.2, -0.15) is 10.4 Å². The molecule has 2 aromatic heterocycles. The molecule has 0 saturated carbocycles. The first kappa shape index (κ1) is 17.8. The van der Waals surface area contributed by atoms with Gasteiger partial charge in [-0.05, 0) is 37.1 Å². The lowest BCUT2D eigenvalue weighted by atomic mass is 10.1. The van der Waals surface area contributed by atoms with E-state index in [9.17, 15) is 0 Å². The largest absolute Gasteiger partial charge is 0.313 e. The van der Waals surface area contributed by atoms with Crippen LogP contribution in [0.4, 0.5) is 0 Å². The standard InChI is InChI=1S/C21H23N5/c22-11-5-2-6-12-23-15-20-17-26(16-18-8-3-1-4-9-18)25-21(20)19-10-7-13-24-14-19/h1,3-4,7-10,13-14,17,23H,2,5-6,12,15-16H2. The molecule has 0 aliphatic rings. The molecular weight excluding hydrogens is 322 g/mol. The Kier molecular flexibility index (Phi) is 6.52. The van der Waals surface area contributed by atoms with Crippen molar-refractivity contribution in [3.8, 4) is 17.3 Å². The molecule has 0 radical (unpaired) electrons. The number of benzene rings is 1. The molecule has 2 heterocycles. The molecule has 0 amide bonds. The predicted octanol–water partition coefficient (Wildman–Crippen LogP) is 3.78. The van der Waals surface area contributed by atoms with Crippen molar-refractivity contribution in [1.82, 2.24) is 20.1 Å². The summed E-state index contributed by atoms with van der Waals surface area (Å²) in [6, 6.07) is 16.5. The van der Waals surface area contributed by atoms with Gasteiger partial charge in [0.25, 0.3) is 0 Å². The molecule has 1 N–H and O–H groups in total. The fraction of sp³-hybridized carbons (Fsp3) is 0.286. The summed E-state index contributed by atoms with van der Waals surface area (Å²) < 4.78 is 1.99. The molecule has 26 heavy (non-hydrogen) atoms. The summed E-state index contributed by atoms with van der Waals surface area (Å²) in [5.41, 5.74) is 4.39. The van der Waals surface area contributed by atoms with Gasteiger partial charge >= 0.3 is 0 Å². The third-order valence-corrected chi connectivity index (χ3v) is 4.17. The van der Waals surface area contributed by atoms with Crippen LogP contribution in [0.3, 0.4) is 0 Å². The number of hydrogen-bond donors (Lipinski definition) is 1. The molecule has 0 spiro atoms. The van der Waals surface area contributed by atoms with E-state index in [0.717, 1.165) is 49.3 Å². The maximum atomic E-state index is 8.60. The van der Waals surface area contributed by atoms with Crippen molar-refractivity contribution >= 4 is 0 Å². The Hall–Kier alpha value is -2.97. The summed E-state index contributed by atoms with van der Waals surface area (Å²) in [5, 5.41) is 16.9. The van der Waals surface area contributed by atoms with E-state index in [1.165, 1.54) is 5.56 Å². The molecule has 5 heteroatoms. The van der Waals surface area contributed by atoms with Gasteiger partial charge in [0.1, 0.15) is 0 Å². The quantitative estimate of drug-likeness (QED) is 0.599. The number of aromatic nitrogens is 3. The van der Waals surface area contributed by atoms with Gasteiger partial charge < -0.3 is 5.32 Å². The number of rotatable bonds is 9. The Morgan fingerprint density at radius 1 is 1.08 bits per heavy atom.